The molecule has 132 valence electrons. The van der Waals surface area contributed by atoms with E-state index in [-0.39, 0.29) is 24.2 Å². The molecule has 1 unspecified atom stereocenters. The van der Waals surface area contributed by atoms with Crippen molar-refractivity contribution in [1.29, 1.82) is 0 Å². The normalized spacial score (nSPS) is 22.8. The number of nitrogens with zero attached hydrogens (tertiary/aromatic N) is 1. The summed E-state index contributed by atoms with van der Waals surface area (Å²) in [5.41, 5.74) is 7.27. The number of carbonyl (C=O) groups excluding carboxylic acids is 2. The zero-order valence-electron chi connectivity index (χ0n) is 13.8. The molecular weight excluding hydrogens is 330 g/mol. The SMILES string of the molecule is Cc1ccc(N2CCC(NC(=O)C3(N)CCOCC3)C2=O)cc1.Cl. The number of hydrogen-bond acceptors (Lipinski definition) is 4. The van der Waals surface area contributed by atoms with Gasteiger partial charge in [0.1, 0.15) is 6.04 Å². The van der Waals surface area contributed by atoms with Gasteiger partial charge < -0.3 is 20.7 Å². The first kappa shape index (κ1) is 18.7. The lowest BCUT2D eigenvalue weighted by Gasteiger charge is -2.32. The quantitative estimate of drug-likeness (QED) is 0.853. The molecule has 0 saturated carbocycles. The molecule has 0 bridgehead atoms. The molecule has 2 fully saturated rings. The van der Waals surface area contributed by atoms with Gasteiger partial charge in [-0.2, -0.15) is 0 Å². The summed E-state index contributed by atoms with van der Waals surface area (Å²) in [6, 6.07) is 7.32. The van der Waals surface area contributed by atoms with E-state index in [4.69, 9.17) is 10.5 Å². The monoisotopic (exact) mass is 353 g/mol. The molecule has 7 heteroatoms. The van der Waals surface area contributed by atoms with Crippen LogP contribution >= 0.6 is 12.4 Å². The van der Waals surface area contributed by atoms with Crippen molar-refractivity contribution in [2.24, 2.45) is 5.73 Å². The van der Waals surface area contributed by atoms with E-state index in [1.807, 2.05) is 31.2 Å². The van der Waals surface area contributed by atoms with Gasteiger partial charge in [0.2, 0.25) is 11.8 Å². The molecule has 1 aromatic carbocycles. The number of halogens is 1. The summed E-state index contributed by atoms with van der Waals surface area (Å²) in [4.78, 5) is 26.7. The number of anilines is 1. The van der Waals surface area contributed by atoms with E-state index in [1.54, 1.807) is 4.90 Å². The minimum atomic E-state index is -0.921. The number of nitrogens with two attached hydrogens (primary N) is 1. The fourth-order valence-corrected chi connectivity index (χ4v) is 3.06. The van der Waals surface area contributed by atoms with Crippen molar-refractivity contribution in [1.82, 2.24) is 5.32 Å². The van der Waals surface area contributed by atoms with Gasteiger partial charge in [0.15, 0.2) is 0 Å². The maximum absolute atomic E-state index is 12.6. The summed E-state index contributed by atoms with van der Waals surface area (Å²) >= 11 is 0. The average Bonchev–Trinajstić information content (AvgIpc) is 2.90. The number of carbonyl (C=O) groups is 2. The van der Waals surface area contributed by atoms with Crippen LogP contribution in [0.15, 0.2) is 24.3 Å². The summed E-state index contributed by atoms with van der Waals surface area (Å²) < 4.78 is 5.26. The summed E-state index contributed by atoms with van der Waals surface area (Å²) in [6.07, 6.45) is 1.58. The highest BCUT2D eigenvalue weighted by Crippen LogP contribution is 2.23. The van der Waals surface area contributed by atoms with Gasteiger partial charge in [-0.25, -0.2) is 0 Å². The third-order valence-corrected chi connectivity index (χ3v) is 4.69. The molecule has 1 atom stereocenters. The summed E-state index contributed by atoms with van der Waals surface area (Å²) in [6.45, 7) is 3.58. The van der Waals surface area contributed by atoms with Gasteiger partial charge in [-0.1, -0.05) is 17.7 Å². The van der Waals surface area contributed by atoms with E-state index in [1.165, 1.54) is 0 Å². The minimum Gasteiger partial charge on any atom is -0.381 e. The second kappa shape index (κ2) is 7.51. The van der Waals surface area contributed by atoms with Gasteiger partial charge in [0.25, 0.3) is 0 Å². The van der Waals surface area contributed by atoms with Crippen LogP contribution < -0.4 is 16.0 Å². The number of aryl methyl sites for hydroxylation is 1. The van der Waals surface area contributed by atoms with Crippen LogP contribution in [0.5, 0.6) is 0 Å². The van der Waals surface area contributed by atoms with Crippen molar-refractivity contribution in [3.8, 4) is 0 Å². The van der Waals surface area contributed by atoms with Gasteiger partial charge in [-0.3, -0.25) is 9.59 Å². The minimum absolute atomic E-state index is 0. The zero-order valence-corrected chi connectivity index (χ0v) is 14.6. The van der Waals surface area contributed by atoms with Crippen molar-refractivity contribution in [2.45, 2.75) is 37.8 Å². The Balaban J connectivity index is 0.00000208. The van der Waals surface area contributed by atoms with Crippen molar-refractivity contribution in [3.05, 3.63) is 29.8 Å². The highest BCUT2D eigenvalue weighted by molar-refractivity contribution is 6.02. The molecular formula is C17H24ClN3O3. The van der Waals surface area contributed by atoms with Gasteiger partial charge >= 0.3 is 0 Å². The molecule has 0 aromatic heterocycles. The number of ether oxygens (including phenoxy) is 1. The van der Waals surface area contributed by atoms with Crippen LogP contribution in [0.3, 0.4) is 0 Å². The fourth-order valence-electron chi connectivity index (χ4n) is 3.06. The third kappa shape index (κ3) is 3.71. The van der Waals surface area contributed by atoms with E-state index in [0.29, 0.717) is 39.0 Å². The van der Waals surface area contributed by atoms with Gasteiger partial charge in [-0.05, 0) is 38.3 Å². The van der Waals surface area contributed by atoms with Crippen LogP contribution in [0.1, 0.15) is 24.8 Å². The van der Waals surface area contributed by atoms with Crippen molar-refractivity contribution < 1.29 is 14.3 Å². The Morgan fingerprint density at radius 2 is 1.92 bits per heavy atom. The molecule has 0 spiro atoms. The van der Waals surface area contributed by atoms with Gasteiger partial charge in [-0.15, -0.1) is 12.4 Å². The second-order valence-corrected chi connectivity index (χ2v) is 6.41. The Morgan fingerprint density at radius 1 is 1.29 bits per heavy atom. The van der Waals surface area contributed by atoms with E-state index in [2.05, 4.69) is 5.32 Å². The van der Waals surface area contributed by atoms with E-state index in [9.17, 15) is 9.59 Å². The van der Waals surface area contributed by atoms with Crippen molar-refractivity contribution in [3.63, 3.8) is 0 Å². The Bertz CT molecular complexity index is 600. The van der Waals surface area contributed by atoms with Crippen LogP contribution in [-0.2, 0) is 14.3 Å². The number of nitrogens with one attached hydrogen (secondary N) is 1. The lowest BCUT2D eigenvalue weighted by Crippen LogP contribution is -2.59. The molecule has 3 N–H and O–H groups in total. The molecule has 2 heterocycles. The van der Waals surface area contributed by atoms with E-state index >= 15 is 0 Å². The Morgan fingerprint density at radius 3 is 2.54 bits per heavy atom. The lowest BCUT2D eigenvalue weighted by molar-refractivity contribution is -0.132. The van der Waals surface area contributed by atoms with Crippen LogP contribution in [0.2, 0.25) is 0 Å². The van der Waals surface area contributed by atoms with E-state index in [0.717, 1.165) is 11.3 Å². The first-order valence-electron chi connectivity index (χ1n) is 8.05. The number of amides is 2. The summed E-state index contributed by atoms with van der Waals surface area (Å²) in [7, 11) is 0. The molecule has 2 aliphatic rings. The zero-order chi connectivity index (χ0) is 16.4. The smallest absolute Gasteiger partial charge is 0.249 e. The maximum Gasteiger partial charge on any atom is 0.249 e. The largest absolute Gasteiger partial charge is 0.381 e. The van der Waals surface area contributed by atoms with Crippen LogP contribution in [0, 0.1) is 6.92 Å². The van der Waals surface area contributed by atoms with Gasteiger partial charge in [0, 0.05) is 25.4 Å². The van der Waals surface area contributed by atoms with Crippen LogP contribution in [-0.4, -0.2) is 43.2 Å². The Hall–Kier alpha value is -1.63. The molecule has 3 rings (SSSR count). The molecule has 2 saturated heterocycles. The van der Waals surface area contributed by atoms with E-state index < -0.39 is 11.6 Å². The molecule has 0 radical (unpaired) electrons. The molecule has 24 heavy (non-hydrogen) atoms. The molecule has 0 aliphatic carbocycles. The van der Waals surface area contributed by atoms with Gasteiger partial charge in [0.05, 0.1) is 5.54 Å². The lowest BCUT2D eigenvalue weighted by atomic mass is 9.90. The molecule has 1 aromatic rings. The fraction of sp³-hybridized carbons (Fsp3) is 0.529. The molecule has 6 nitrogen and oxygen atoms in total. The average molecular weight is 354 g/mol. The number of benzene rings is 1. The summed E-state index contributed by atoms with van der Waals surface area (Å²) in [5, 5.41) is 2.84. The number of hydrogen-bond donors (Lipinski definition) is 2. The predicted molar refractivity (Wildman–Crippen MR) is 94.3 cm³/mol. The standard InChI is InChI=1S/C17H23N3O3.ClH/c1-12-2-4-13(5-3-12)20-9-6-14(15(20)21)19-16(22)17(18)7-10-23-11-8-17;/h2-5,14H,6-11,18H2,1H3,(H,19,22);1H. The molecule has 2 aliphatic heterocycles. The topological polar surface area (TPSA) is 84.7 Å². The molecule has 2 amide bonds. The number of rotatable bonds is 3. The Labute approximate surface area is 148 Å². The van der Waals surface area contributed by atoms with Crippen LogP contribution in [0.25, 0.3) is 0 Å². The first-order valence-corrected chi connectivity index (χ1v) is 8.05. The Kier molecular flexibility index (Phi) is 5.85. The summed E-state index contributed by atoms with van der Waals surface area (Å²) in [5.74, 6) is -0.317. The third-order valence-electron chi connectivity index (χ3n) is 4.69. The highest BCUT2D eigenvalue weighted by atomic mass is 35.5. The van der Waals surface area contributed by atoms with Crippen LogP contribution in [0.4, 0.5) is 5.69 Å². The maximum atomic E-state index is 12.6. The first-order chi connectivity index (χ1) is 11.0. The van der Waals surface area contributed by atoms with Crippen molar-refractivity contribution >= 4 is 29.9 Å². The predicted octanol–water partition coefficient (Wildman–Crippen LogP) is 1.15. The van der Waals surface area contributed by atoms with Crippen molar-refractivity contribution in [2.75, 3.05) is 24.7 Å². The highest BCUT2D eigenvalue weighted by Gasteiger charge is 2.40. The second-order valence-electron chi connectivity index (χ2n) is 6.41.